The van der Waals surface area contributed by atoms with Crippen molar-refractivity contribution in [2.75, 3.05) is 20.8 Å². The summed E-state index contributed by atoms with van der Waals surface area (Å²) in [6.45, 7) is 3.05. The van der Waals surface area contributed by atoms with E-state index in [0.717, 1.165) is 0 Å². The van der Waals surface area contributed by atoms with Crippen molar-refractivity contribution in [3.8, 4) is 11.5 Å². The van der Waals surface area contributed by atoms with Gasteiger partial charge in [-0.1, -0.05) is 6.07 Å². The first kappa shape index (κ1) is 18.2. The number of sulfonamides is 1. The highest BCUT2D eigenvalue weighted by Crippen LogP contribution is 2.30. The first-order chi connectivity index (χ1) is 11.3. The minimum atomic E-state index is -3.77. The molecule has 9 heteroatoms. The van der Waals surface area contributed by atoms with Crippen molar-refractivity contribution in [3.63, 3.8) is 0 Å². The van der Waals surface area contributed by atoms with E-state index >= 15 is 0 Å². The lowest BCUT2D eigenvalue weighted by Gasteiger charge is -2.15. The van der Waals surface area contributed by atoms with Crippen molar-refractivity contribution in [2.24, 2.45) is 0 Å². The molecule has 1 aromatic carbocycles. The first-order valence-electron chi connectivity index (χ1n) is 7.21. The predicted octanol–water partition coefficient (Wildman–Crippen LogP) is 1.06. The van der Waals surface area contributed by atoms with Gasteiger partial charge in [0, 0.05) is 6.54 Å². The molecule has 24 heavy (non-hydrogen) atoms. The number of aliphatic hydroxyl groups is 1. The van der Waals surface area contributed by atoms with Crippen LogP contribution in [-0.2, 0) is 10.0 Å². The van der Waals surface area contributed by atoms with Gasteiger partial charge in [0.05, 0.1) is 31.7 Å². The summed E-state index contributed by atoms with van der Waals surface area (Å²) < 4.78 is 37.4. The molecule has 2 aromatic rings. The fourth-order valence-electron chi connectivity index (χ4n) is 2.38. The second-order valence-electron chi connectivity index (χ2n) is 5.25. The van der Waals surface area contributed by atoms with Crippen LogP contribution >= 0.6 is 0 Å². The topological polar surface area (TPSA) is 114 Å². The van der Waals surface area contributed by atoms with Gasteiger partial charge in [-0.25, -0.2) is 13.1 Å². The molecule has 132 valence electrons. The monoisotopic (exact) mass is 355 g/mol. The van der Waals surface area contributed by atoms with E-state index in [1.807, 2.05) is 0 Å². The minimum Gasteiger partial charge on any atom is -0.493 e. The quantitative estimate of drug-likeness (QED) is 0.684. The number of aryl methyl sites for hydroxylation is 2. The molecule has 0 aliphatic carbocycles. The first-order valence-corrected chi connectivity index (χ1v) is 8.69. The molecule has 0 aliphatic heterocycles. The lowest BCUT2D eigenvalue weighted by atomic mass is 10.1. The van der Waals surface area contributed by atoms with Gasteiger partial charge in [-0.05, 0) is 31.5 Å². The van der Waals surface area contributed by atoms with Crippen molar-refractivity contribution in [1.82, 2.24) is 14.9 Å². The normalized spacial score (nSPS) is 12.9. The molecule has 0 saturated heterocycles. The Morgan fingerprint density at radius 1 is 1.25 bits per heavy atom. The molecule has 0 saturated carbocycles. The number of rotatable bonds is 7. The smallest absolute Gasteiger partial charge is 0.244 e. The molecule has 1 heterocycles. The average molecular weight is 355 g/mol. The van der Waals surface area contributed by atoms with E-state index in [0.29, 0.717) is 28.5 Å². The number of aliphatic hydroxyl groups excluding tert-OH is 1. The van der Waals surface area contributed by atoms with Crippen LogP contribution in [-0.4, -0.2) is 44.5 Å². The highest BCUT2D eigenvalue weighted by Gasteiger charge is 2.23. The van der Waals surface area contributed by atoms with Crippen LogP contribution in [0.25, 0.3) is 0 Å². The fraction of sp³-hybridized carbons (Fsp3) is 0.400. The summed E-state index contributed by atoms with van der Waals surface area (Å²) in [5, 5.41) is 16.8. The van der Waals surface area contributed by atoms with E-state index < -0.39 is 16.1 Å². The summed E-state index contributed by atoms with van der Waals surface area (Å²) >= 11 is 0. The summed E-state index contributed by atoms with van der Waals surface area (Å²) in [5.74, 6) is 0.983. The number of H-pyrrole nitrogens is 1. The second-order valence-corrected chi connectivity index (χ2v) is 6.95. The van der Waals surface area contributed by atoms with E-state index in [9.17, 15) is 13.5 Å². The van der Waals surface area contributed by atoms with E-state index in [1.54, 1.807) is 32.0 Å². The van der Waals surface area contributed by atoms with Crippen molar-refractivity contribution in [1.29, 1.82) is 0 Å². The zero-order chi connectivity index (χ0) is 17.9. The van der Waals surface area contributed by atoms with Gasteiger partial charge in [0.2, 0.25) is 10.0 Å². The van der Waals surface area contributed by atoms with E-state index in [1.165, 1.54) is 14.2 Å². The molecule has 3 N–H and O–H groups in total. The molecule has 0 spiro atoms. The third-order valence-corrected chi connectivity index (χ3v) is 5.27. The van der Waals surface area contributed by atoms with Gasteiger partial charge >= 0.3 is 0 Å². The molecular formula is C15H21N3O5S. The number of nitrogens with zero attached hydrogens (tertiary/aromatic N) is 1. The van der Waals surface area contributed by atoms with Crippen LogP contribution < -0.4 is 14.2 Å². The van der Waals surface area contributed by atoms with Gasteiger partial charge in [0.25, 0.3) is 0 Å². The summed E-state index contributed by atoms with van der Waals surface area (Å²) in [6, 6.07) is 4.90. The van der Waals surface area contributed by atoms with Crippen LogP contribution in [0.2, 0.25) is 0 Å². The molecule has 1 unspecified atom stereocenters. The maximum absolute atomic E-state index is 12.4. The predicted molar refractivity (Wildman–Crippen MR) is 87.8 cm³/mol. The van der Waals surface area contributed by atoms with Gasteiger partial charge in [-0.15, -0.1) is 0 Å². The van der Waals surface area contributed by atoms with Crippen LogP contribution in [0.15, 0.2) is 23.1 Å². The lowest BCUT2D eigenvalue weighted by Crippen LogP contribution is -2.29. The van der Waals surface area contributed by atoms with Crippen molar-refractivity contribution < 1.29 is 23.0 Å². The third-order valence-electron chi connectivity index (χ3n) is 3.59. The molecule has 1 atom stereocenters. The minimum absolute atomic E-state index is 0.0991. The summed E-state index contributed by atoms with van der Waals surface area (Å²) in [4.78, 5) is 0.0991. The third kappa shape index (κ3) is 3.69. The molecule has 0 amide bonds. The lowest BCUT2D eigenvalue weighted by molar-refractivity contribution is 0.181. The Morgan fingerprint density at radius 2 is 1.92 bits per heavy atom. The highest BCUT2D eigenvalue weighted by atomic mass is 32.2. The maximum Gasteiger partial charge on any atom is 0.244 e. The van der Waals surface area contributed by atoms with Crippen molar-refractivity contribution >= 4 is 10.0 Å². The van der Waals surface area contributed by atoms with Crippen molar-refractivity contribution in [2.45, 2.75) is 24.8 Å². The van der Waals surface area contributed by atoms with Gasteiger partial charge in [-0.3, -0.25) is 5.10 Å². The van der Waals surface area contributed by atoms with Gasteiger partial charge in [0.15, 0.2) is 11.5 Å². The number of aromatic amines is 1. The van der Waals surface area contributed by atoms with Crippen molar-refractivity contribution in [3.05, 3.63) is 35.2 Å². The maximum atomic E-state index is 12.4. The Balaban J connectivity index is 2.14. The average Bonchev–Trinajstić information content (AvgIpc) is 2.91. The number of aromatic nitrogens is 2. The van der Waals surface area contributed by atoms with E-state index in [2.05, 4.69) is 14.9 Å². The Hall–Kier alpha value is -2.10. The molecule has 0 radical (unpaired) electrons. The van der Waals surface area contributed by atoms with E-state index in [-0.39, 0.29) is 11.4 Å². The zero-order valence-corrected chi connectivity index (χ0v) is 14.8. The van der Waals surface area contributed by atoms with Gasteiger partial charge in [0.1, 0.15) is 4.90 Å². The SMILES string of the molecule is COc1ccc(C(O)CNS(=O)(=O)c2c(C)n[nH]c2C)cc1OC. The summed E-state index contributed by atoms with van der Waals surface area (Å²) in [5.41, 5.74) is 1.33. The number of methoxy groups -OCH3 is 2. The molecule has 0 aliphatic rings. The Kier molecular flexibility index (Phi) is 5.47. The largest absolute Gasteiger partial charge is 0.493 e. The molecule has 2 rings (SSSR count). The molecule has 0 fully saturated rings. The number of ether oxygens (including phenoxy) is 2. The highest BCUT2D eigenvalue weighted by molar-refractivity contribution is 7.89. The Morgan fingerprint density at radius 3 is 2.46 bits per heavy atom. The molecule has 0 bridgehead atoms. The van der Waals surface area contributed by atoms with Crippen LogP contribution in [0, 0.1) is 13.8 Å². The standard InChI is InChI=1S/C15H21N3O5S/c1-9-15(10(2)18-17-9)24(20,21)16-8-12(19)11-5-6-13(22-3)14(7-11)23-4/h5-7,12,16,19H,8H2,1-4H3,(H,17,18). The second kappa shape index (κ2) is 7.20. The Labute approximate surface area is 140 Å². The zero-order valence-electron chi connectivity index (χ0n) is 14.0. The van der Waals surface area contributed by atoms with Crippen LogP contribution in [0.4, 0.5) is 0 Å². The fourth-order valence-corrected chi connectivity index (χ4v) is 3.78. The molecule has 1 aromatic heterocycles. The van der Waals surface area contributed by atoms with Gasteiger partial charge < -0.3 is 14.6 Å². The Bertz CT molecular complexity index is 797. The summed E-state index contributed by atoms with van der Waals surface area (Å²) in [7, 11) is -0.771. The van der Waals surface area contributed by atoms with Crippen LogP contribution in [0.5, 0.6) is 11.5 Å². The number of hydrogen-bond donors (Lipinski definition) is 3. The summed E-state index contributed by atoms with van der Waals surface area (Å²) in [6.07, 6.45) is -1.04. The van der Waals surface area contributed by atoms with Crippen LogP contribution in [0.3, 0.4) is 0 Å². The molecular weight excluding hydrogens is 334 g/mol. The number of hydrogen-bond acceptors (Lipinski definition) is 6. The molecule has 8 nitrogen and oxygen atoms in total. The number of nitrogens with one attached hydrogen (secondary N) is 2. The van der Waals surface area contributed by atoms with Crippen LogP contribution in [0.1, 0.15) is 23.1 Å². The number of benzene rings is 1. The van der Waals surface area contributed by atoms with Gasteiger partial charge in [-0.2, -0.15) is 5.10 Å². The van der Waals surface area contributed by atoms with E-state index in [4.69, 9.17) is 9.47 Å².